The molecule has 0 N–H and O–H groups in total. The topological polar surface area (TPSA) is 83.5 Å². The average molecular weight is 451 g/mol. The molecule has 0 spiro atoms. The molecule has 8 heteroatoms. The Labute approximate surface area is 191 Å². The minimum atomic E-state index is -0.599. The predicted octanol–water partition coefficient (Wildman–Crippen LogP) is 3.83. The zero-order chi connectivity index (χ0) is 23.5. The number of anilines is 1. The van der Waals surface area contributed by atoms with E-state index in [1.54, 1.807) is 31.4 Å². The predicted molar refractivity (Wildman–Crippen MR) is 123 cm³/mol. The van der Waals surface area contributed by atoms with Crippen LogP contribution in [0.4, 0.5) is 5.69 Å². The molecular formula is C25H25NO7. The Morgan fingerprint density at radius 2 is 1.45 bits per heavy atom. The number of esters is 1. The molecule has 1 saturated heterocycles. The van der Waals surface area contributed by atoms with E-state index in [2.05, 4.69) is 0 Å². The van der Waals surface area contributed by atoms with Crippen molar-refractivity contribution in [2.75, 3.05) is 39.9 Å². The maximum atomic E-state index is 12.8. The molecule has 1 aliphatic rings. The first-order valence-corrected chi connectivity index (χ1v) is 10.4. The van der Waals surface area contributed by atoms with Crippen LogP contribution in [-0.2, 0) is 9.59 Å². The SMILES string of the molecule is COc1ccc2ccc(OC(=O)C3CC(=O)N(c4cc(OC)c(OC)c(OC)c4)C3)cc2c1. The van der Waals surface area contributed by atoms with Crippen LogP contribution in [0.15, 0.2) is 48.5 Å². The summed E-state index contributed by atoms with van der Waals surface area (Å²) in [5.74, 6) is 1.18. The zero-order valence-electron chi connectivity index (χ0n) is 18.9. The normalized spacial score (nSPS) is 15.5. The molecule has 0 radical (unpaired) electrons. The quantitative estimate of drug-likeness (QED) is 0.399. The van der Waals surface area contributed by atoms with Gasteiger partial charge in [-0.15, -0.1) is 0 Å². The Balaban J connectivity index is 1.52. The number of carbonyl (C=O) groups excluding carboxylic acids is 2. The van der Waals surface area contributed by atoms with Gasteiger partial charge in [0.15, 0.2) is 11.5 Å². The van der Waals surface area contributed by atoms with E-state index in [9.17, 15) is 9.59 Å². The number of amides is 1. The molecule has 172 valence electrons. The van der Waals surface area contributed by atoms with E-state index >= 15 is 0 Å². The van der Waals surface area contributed by atoms with Crippen LogP contribution in [0.5, 0.6) is 28.7 Å². The Hall–Kier alpha value is -3.94. The molecule has 0 saturated carbocycles. The minimum Gasteiger partial charge on any atom is -0.497 e. The molecule has 3 aromatic carbocycles. The Morgan fingerprint density at radius 1 is 0.818 bits per heavy atom. The first-order valence-electron chi connectivity index (χ1n) is 10.4. The van der Waals surface area contributed by atoms with Crippen molar-refractivity contribution < 1.29 is 33.3 Å². The molecule has 1 amide bonds. The summed E-state index contributed by atoms with van der Waals surface area (Å²) in [4.78, 5) is 27.1. The van der Waals surface area contributed by atoms with Crippen molar-refractivity contribution >= 4 is 28.3 Å². The summed E-state index contributed by atoms with van der Waals surface area (Å²) in [5, 5.41) is 1.89. The average Bonchev–Trinajstić information content (AvgIpc) is 3.24. The first-order chi connectivity index (χ1) is 16.0. The molecule has 8 nitrogen and oxygen atoms in total. The van der Waals surface area contributed by atoms with Gasteiger partial charge >= 0.3 is 5.97 Å². The molecule has 4 rings (SSSR count). The summed E-state index contributed by atoms with van der Waals surface area (Å²) in [5.41, 5.74) is 0.558. The third-order valence-corrected chi connectivity index (χ3v) is 5.66. The van der Waals surface area contributed by atoms with E-state index in [4.69, 9.17) is 23.7 Å². The fourth-order valence-electron chi connectivity index (χ4n) is 3.93. The van der Waals surface area contributed by atoms with Crippen LogP contribution in [0.3, 0.4) is 0 Å². The van der Waals surface area contributed by atoms with Gasteiger partial charge in [0.25, 0.3) is 0 Å². The van der Waals surface area contributed by atoms with Gasteiger partial charge in [-0.05, 0) is 35.0 Å². The molecule has 0 bridgehead atoms. The second-order valence-electron chi connectivity index (χ2n) is 7.58. The van der Waals surface area contributed by atoms with Gasteiger partial charge < -0.3 is 28.6 Å². The molecule has 33 heavy (non-hydrogen) atoms. The van der Waals surface area contributed by atoms with E-state index in [1.165, 1.54) is 26.2 Å². The van der Waals surface area contributed by atoms with Crippen molar-refractivity contribution in [3.63, 3.8) is 0 Å². The van der Waals surface area contributed by atoms with Crippen molar-refractivity contribution in [3.8, 4) is 28.7 Å². The fourth-order valence-corrected chi connectivity index (χ4v) is 3.93. The third-order valence-electron chi connectivity index (χ3n) is 5.66. The van der Waals surface area contributed by atoms with Crippen molar-refractivity contribution in [1.29, 1.82) is 0 Å². The van der Waals surface area contributed by atoms with Crippen LogP contribution < -0.4 is 28.6 Å². The molecule has 3 aromatic rings. The number of fused-ring (bicyclic) bond motifs is 1. The first kappa shape index (κ1) is 22.3. The summed E-state index contributed by atoms with van der Waals surface area (Å²) in [7, 11) is 6.12. The van der Waals surface area contributed by atoms with Crippen molar-refractivity contribution in [3.05, 3.63) is 48.5 Å². The minimum absolute atomic E-state index is 0.0525. The lowest BCUT2D eigenvalue weighted by atomic mass is 10.1. The monoisotopic (exact) mass is 451 g/mol. The van der Waals surface area contributed by atoms with Gasteiger partial charge in [-0.1, -0.05) is 12.1 Å². The van der Waals surface area contributed by atoms with Gasteiger partial charge in [-0.2, -0.15) is 0 Å². The van der Waals surface area contributed by atoms with Crippen LogP contribution in [0, 0.1) is 5.92 Å². The van der Waals surface area contributed by atoms with Crippen molar-refractivity contribution in [2.24, 2.45) is 5.92 Å². The maximum absolute atomic E-state index is 12.8. The zero-order valence-corrected chi connectivity index (χ0v) is 18.9. The van der Waals surface area contributed by atoms with E-state index < -0.39 is 11.9 Å². The van der Waals surface area contributed by atoms with Gasteiger partial charge in [0, 0.05) is 25.1 Å². The third kappa shape index (κ3) is 4.37. The number of carbonyl (C=O) groups is 2. The van der Waals surface area contributed by atoms with Crippen LogP contribution in [-0.4, -0.2) is 46.9 Å². The van der Waals surface area contributed by atoms with Gasteiger partial charge in [0.1, 0.15) is 11.5 Å². The number of hydrogen-bond donors (Lipinski definition) is 0. The molecule has 1 heterocycles. The number of hydrogen-bond acceptors (Lipinski definition) is 7. The van der Waals surface area contributed by atoms with Crippen LogP contribution >= 0.6 is 0 Å². The van der Waals surface area contributed by atoms with Crippen molar-refractivity contribution in [1.82, 2.24) is 0 Å². The number of nitrogens with zero attached hydrogens (tertiary/aromatic N) is 1. The number of ether oxygens (including phenoxy) is 5. The van der Waals surface area contributed by atoms with Gasteiger partial charge in [-0.25, -0.2) is 0 Å². The molecule has 0 aliphatic carbocycles. The van der Waals surface area contributed by atoms with Gasteiger partial charge in [0.2, 0.25) is 11.7 Å². The molecule has 1 fully saturated rings. The second kappa shape index (κ2) is 9.28. The Morgan fingerprint density at radius 3 is 2.06 bits per heavy atom. The Bertz CT molecular complexity index is 1180. The molecule has 1 aliphatic heterocycles. The highest BCUT2D eigenvalue weighted by Gasteiger charge is 2.37. The molecular weight excluding hydrogens is 426 g/mol. The maximum Gasteiger partial charge on any atom is 0.316 e. The second-order valence-corrected chi connectivity index (χ2v) is 7.58. The summed E-state index contributed by atoms with van der Waals surface area (Å²) in [6.45, 7) is 0.192. The fraction of sp³-hybridized carbons (Fsp3) is 0.280. The standard InChI is InChI=1S/C25H25NO7/c1-29-19-7-5-15-6-8-20(10-16(15)9-19)33-25(28)17-11-23(27)26(14-17)18-12-21(30-2)24(32-4)22(13-18)31-3/h5-10,12-13,17H,11,14H2,1-4H3. The van der Waals surface area contributed by atoms with Crippen molar-refractivity contribution in [2.45, 2.75) is 6.42 Å². The van der Waals surface area contributed by atoms with E-state index in [-0.39, 0.29) is 18.9 Å². The summed E-state index contributed by atoms with van der Waals surface area (Å²) < 4.78 is 27.0. The highest BCUT2D eigenvalue weighted by Crippen LogP contribution is 2.42. The smallest absolute Gasteiger partial charge is 0.316 e. The number of benzene rings is 3. The van der Waals surface area contributed by atoms with Crippen LogP contribution in [0.2, 0.25) is 0 Å². The van der Waals surface area contributed by atoms with Crippen LogP contribution in [0.25, 0.3) is 10.8 Å². The lowest BCUT2D eigenvalue weighted by molar-refractivity contribution is -0.139. The molecule has 0 aromatic heterocycles. The largest absolute Gasteiger partial charge is 0.497 e. The number of rotatable bonds is 7. The highest BCUT2D eigenvalue weighted by molar-refractivity contribution is 6.00. The molecule has 1 unspecified atom stereocenters. The summed E-state index contributed by atoms with van der Waals surface area (Å²) in [6, 6.07) is 14.4. The molecule has 1 atom stereocenters. The van der Waals surface area contributed by atoms with Gasteiger partial charge in [-0.3, -0.25) is 9.59 Å². The lowest BCUT2D eigenvalue weighted by Gasteiger charge is -2.20. The summed E-state index contributed by atoms with van der Waals surface area (Å²) >= 11 is 0. The van der Waals surface area contributed by atoms with E-state index in [1.807, 2.05) is 24.3 Å². The van der Waals surface area contributed by atoms with Crippen LogP contribution in [0.1, 0.15) is 6.42 Å². The van der Waals surface area contributed by atoms with E-state index in [0.29, 0.717) is 34.4 Å². The Kier molecular flexibility index (Phi) is 6.26. The highest BCUT2D eigenvalue weighted by atomic mass is 16.5. The lowest BCUT2D eigenvalue weighted by Crippen LogP contribution is -2.27. The number of methoxy groups -OCH3 is 4. The summed E-state index contributed by atoms with van der Waals surface area (Å²) in [6.07, 6.45) is 0.0525. The van der Waals surface area contributed by atoms with E-state index in [0.717, 1.165) is 10.8 Å². The van der Waals surface area contributed by atoms with Gasteiger partial charge in [0.05, 0.1) is 40.0 Å².